The summed E-state index contributed by atoms with van der Waals surface area (Å²) in [6.45, 7) is 6.02. The average molecular weight is 491 g/mol. The molecule has 2 amide bonds. The van der Waals surface area contributed by atoms with E-state index in [1.165, 1.54) is 17.0 Å². The first kappa shape index (κ1) is 26.6. The van der Waals surface area contributed by atoms with Gasteiger partial charge >= 0.3 is 12.2 Å². The standard InChI is InChI=1S/C20H31FN4O7S/c1-20(2,3)32-18(26)23-8-10-24(9-7-22)17-6-5-14(11-16(17)21)25-12-15(31-19(25)27)13-30-33(4,28)29/h5-6,11,15H,7-10,12-13,22H2,1-4H3,(H,23,26)/t15-/m1/s1. The minimum absolute atomic E-state index is 0.0134. The summed E-state index contributed by atoms with van der Waals surface area (Å²) < 4.78 is 52.1. The van der Waals surface area contributed by atoms with Crippen LogP contribution < -0.4 is 20.9 Å². The van der Waals surface area contributed by atoms with E-state index in [0.717, 1.165) is 6.26 Å². The highest BCUT2D eigenvalue weighted by molar-refractivity contribution is 7.85. The number of rotatable bonds is 10. The van der Waals surface area contributed by atoms with Gasteiger partial charge in [0.15, 0.2) is 0 Å². The Hall–Kier alpha value is -2.64. The number of cyclic esters (lactones) is 1. The molecule has 0 unspecified atom stereocenters. The lowest BCUT2D eigenvalue weighted by atomic mass is 10.2. The summed E-state index contributed by atoms with van der Waals surface area (Å²) in [5.41, 5.74) is 5.53. The molecule has 0 aliphatic carbocycles. The molecule has 1 fully saturated rings. The molecular formula is C20H31FN4O7S. The fourth-order valence-corrected chi connectivity index (χ4v) is 3.45. The molecule has 3 N–H and O–H groups in total. The molecule has 13 heteroatoms. The molecule has 1 aromatic rings. The Labute approximate surface area is 193 Å². The minimum atomic E-state index is -3.68. The highest BCUT2D eigenvalue weighted by atomic mass is 32.2. The predicted molar refractivity (Wildman–Crippen MR) is 120 cm³/mol. The van der Waals surface area contributed by atoms with Crippen LogP contribution in [0.3, 0.4) is 0 Å². The number of hydrogen-bond donors (Lipinski definition) is 2. The van der Waals surface area contributed by atoms with Crippen LogP contribution in [-0.4, -0.2) is 77.9 Å². The van der Waals surface area contributed by atoms with Gasteiger partial charge in [-0.1, -0.05) is 0 Å². The van der Waals surface area contributed by atoms with Gasteiger partial charge in [-0.25, -0.2) is 14.0 Å². The van der Waals surface area contributed by atoms with E-state index in [2.05, 4.69) is 9.50 Å². The molecule has 1 aliphatic heterocycles. The second-order valence-corrected chi connectivity index (χ2v) is 10.1. The lowest BCUT2D eigenvalue weighted by Gasteiger charge is -2.26. The number of carbonyl (C=O) groups is 2. The van der Waals surface area contributed by atoms with Crippen molar-refractivity contribution in [2.75, 3.05) is 55.4 Å². The SMILES string of the molecule is CC(C)(C)OC(=O)NCCN(CCN)c1ccc(N2C[C@H](COS(C)(=O)=O)OC2=O)cc1F. The van der Waals surface area contributed by atoms with Crippen molar-refractivity contribution in [2.45, 2.75) is 32.5 Å². The summed E-state index contributed by atoms with van der Waals surface area (Å²) in [6.07, 6.45) is -1.22. The number of anilines is 2. The van der Waals surface area contributed by atoms with E-state index in [0.29, 0.717) is 6.54 Å². The smallest absolute Gasteiger partial charge is 0.414 e. The quantitative estimate of drug-likeness (QED) is 0.466. The van der Waals surface area contributed by atoms with Crippen LogP contribution in [0.25, 0.3) is 0 Å². The van der Waals surface area contributed by atoms with Crippen molar-refractivity contribution in [1.82, 2.24) is 5.32 Å². The summed E-state index contributed by atoms with van der Waals surface area (Å²) >= 11 is 0. The van der Waals surface area contributed by atoms with Crippen LogP contribution in [0.15, 0.2) is 18.2 Å². The number of amides is 2. The minimum Gasteiger partial charge on any atom is -0.444 e. The van der Waals surface area contributed by atoms with Gasteiger partial charge < -0.3 is 25.4 Å². The number of nitrogens with two attached hydrogens (primary N) is 1. The third-order valence-corrected chi connectivity index (χ3v) is 4.94. The number of alkyl carbamates (subject to hydrolysis) is 1. The summed E-state index contributed by atoms with van der Waals surface area (Å²) in [5, 5.41) is 2.62. The molecule has 33 heavy (non-hydrogen) atoms. The number of benzene rings is 1. The number of carbonyl (C=O) groups excluding carboxylic acids is 2. The predicted octanol–water partition coefficient (Wildman–Crippen LogP) is 1.42. The van der Waals surface area contributed by atoms with Gasteiger partial charge in [0.25, 0.3) is 10.1 Å². The first-order valence-electron chi connectivity index (χ1n) is 10.3. The third-order valence-electron chi connectivity index (χ3n) is 4.37. The molecule has 1 heterocycles. The summed E-state index contributed by atoms with van der Waals surface area (Å²) in [4.78, 5) is 26.8. The molecule has 0 radical (unpaired) electrons. The normalized spacial score (nSPS) is 16.5. The van der Waals surface area contributed by atoms with Crippen LogP contribution in [-0.2, 0) is 23.8 Å². The molecular weight excluding hydrogens is 459 g/mol. The van der Waals surface area contributed by atoms with Gasteiger partial charge in [-0.3, -0.25) is 9.08 Å². The highest BCUT2D eigenvalue weighted by Gasteiger charge is 2.33. The van der Waals surface area contributed by atoms with Crippen molar-refractivity contribution in [3.63, 3.8) is 0 Å². The van der Waals surface area contributed by atoms with Crippen LogP contribution >= 0.6 is 0 Å². The maximum absolute atomic E-state index is 14.9. The zero-order valence-electron chi connectivity index (χ0n) is 19.2. The fraction of sp³-hybridized carbons (Fsp3) is 0.600. The Morgan fingerprint density at radius 2 is 2.06 bits per heavy atom. The average Bonchev–Trinajstić information content (AvgIpc) is 3.04. The van der Waals surface area contributed by atoms with Crippen LogP contribution in [0.5, 0.6) is 0 Å². The maximum Gasteiger partial charge on any atom is 0.414 e. The van der Waals surface area contributed by atoms with Crippen LogP contribution in [0.2, 0.25) is 0 Å². The Balaban J connectivity index is 2.03. The molecule has 1 aliphatic rings. The second kappa shape index (κ2) is 11.0. The largest absolute Gasteiger partial charge is 0.444 e. The summed E-state index contributed by atoms with van der Waals surface area (Å²) in [5.74, 6) is -0.596. The Kier molecular flexibility index (Phi) is 8.86. The van der Waals surface area contributed by atoms with Crippen molar-refractivity contribution < 1.29 is 36.1 Å². The van der Waals surface area contributed by atoms with Crippen molar-refractivity contribution in [3.8, 4) is 0 Å². The molecule has 0 aromatic heterocycles. The second-order valence-electron chi connectivity index (χ2n) is 8.45. The van der Waals surface area contributed by atoms with E-state index in [1.54, 1.807) is 31.7 Å². The van der Waals surface area contributed by atoms with E-state index >= 15 is 0 Å². The molecule has 1 aromatic carbocycles. The van der Waals surface area contributed by atoms with Crippen LogP contribution in [0.4, 0.5) is 25.4 Å². The van der Waals surface area contributed by atoms with Gasteiger partial charge in [-0.15, -0.1) is 0 Å². The maximum atomic E-state index is 14.9. The Morgan fingerprint density at radius 1 is 1.36 bits per heavy atom. The first-order chi connectivity index (χ1) is 15.3. The molecule has 11 nitrogen and oxygen atoms in total. The van der Waals surface area contributed by atoms with E-state index in [9.17, 15) is 22.4 Å². The third kappa shape index (κ3) is 8.67. The lowest BCUT2D eigenvalue weighted by Crippen LogP contribution is -2.40. The van der Waals surface area contributed by atoms with E-state index < -0.39 is 39.8 Å². The van der Waals surface area contributed by atoms with Gasteiger partial charge in [-0.05, 0) is 39.0 Å². The van der Waals surface area contributed by atoms with Crippen molar-refractivity contribution in [3.05, 3.63) is 24.0 Å². The molecule has 1 atom stereocenters. The molecule has 186 valence electrons. The molecule has 1 saturated heterocycles. The number of hydrogen-bond acceptors (Lipinski definition) is 9. The van der Waals surface area contributed by atoms with Crippen LogP contribution in [0, 0.1) is 5.82 Å². The van der Waals surface area contributed by atoms with E-state index in [-0.39, 0.29) is 44.2 Å². The lowest BCUT2D eigenvalue weighted by molar-refractivity contribution is 0.0529. The molecule has 2 rings (SSSR count). The number of ether oxygens (including phenoxy) is 2. The Bertz CT molecular complexity index is 952. The molecule has 0 saturated carbocycles. The Morgan fingerprint density at radius 3 is 2.64 bits per heavy atom. The summed E-state index contributed by atoms with van der Waals surface area (Å²) in [7, 11) is -3.68. The molecule has 0 spiro atoms. The zero-order chi connectivity index (χ0) is 24.8. The van der Waals surface area contributed by atoms with Crippen molar-refractivity contribution in [2.24, 2.45) is 5.73 Å². The zero-order valence-corrected chi connectivity index (χ0v) is 20.0. The van der Waals surface area contributed by atoms with Gasteiger partial charge in [0.05, 0.1) is 24.2 Å². The van der Waals surface area contributed by atoms with E-state index in [1.807, 2.05) is 0 Å². The van der Waals surface area contributed by atoms with Crippen LogP contribution in [0.1, 0.15) is 20.8 Å². The fourth-order valence-electron chi connectivity index (χ4n) is 3.05. The van der Waals surface area contributed by atoms with Crippen molar-refractivity contribution in [1.29, 1.82) is 0 Å². The van der Waals surface area contributed by atoms with Gasteiger partial charge in [0, 0.05) is 26.2 Å². The number of nitrogens with zero attached hydrogens (tertiary/aromatic N) is 2. The monoisotopic (exact) mass is 490 g/mol. The topological polar surface area (TPSA) is 140 Å². The highest BCUT2D eigenvalue weighted by Crippen LogP contribution is 2.28. The van der Waals surface area contributed by atoms with E-state index in [4.69, 9.17) is 15.2 Å². The number of halogens is 1. The van der Waals surface area contributed by atoms with Gasteiger partial charge in [0.2, 0.25) is 0 Å². The first-order valence-corrected chi connectivity index (χ1v) is 12.1. The van der Waals surface area contributed by atoms with Gasteiger partial charge in [0.1, 0.15) is 24.1 Å². The number of nitrogens with one attached hydrogen (secondary N) is 1. The van der Waals surface area contributed by atoms with Crippen molar-refractivity contribution >= 4 is 33.7 Å². The summed E-state index contributed by atoms with van der Waals surface area (Å²) in [6, 6.07) is 4.23. The molecule has 0 bridgehead atoms. The van der Waals surface area contributed by atoms with Gasteiger partial charge in [-0.2, -0.15) is 8.42 Å².